The first-order valence-electron chi connectivity index (χ1n) is 10.1. The average Bonchev–Trinajstić information content (AvgIpc) is 3.18. The Hall–Kier alpha value is -4.15. The van der Waals surface area contributed by atoms with E-state index in [-0.39, 0.29) is 17.2 Å². The lowest BCUT2D eigenvalue weighted by atomic mass is 10.00. The number of amides is 2. The molecule has 1 saturated heterocycles. The minimum Gasteiger partial charge on any atom is -0.323 e. The number of carbonyl (C=O) groups is 1. The van der Waals surface area contributed by atoms with Crippen molar-refractivity contribution in [1.82, 2.24) is 24.6 Å². The molecule has 2 amide bonds. The lowest BCUT2D eigenvalue weighted by molar-refractivity contribution is -0.137. The average molecular weight is 454 g/mol. The highest BCUT2D eigenvalue weighted by atomic mass is 19.4. The Morgan fingerprint density at radius 2 is 1.76 bits per heavy atom. The summed E-state index contributed by atoms with van der Waals surface area (Å²) in [5.41, 5.74) is 0.348. The molecular formula is C22H17F3N6O2. The van der Waals surface area contributed by atoms with E-state index in [1.54, 1.807) is 4.68 Å². The van der Waals surface area contributed by atoms with Crippen LogP contribution in [0.25, 0.3) is 16.7 Å². The van der Waals surface area contributed by atoms with E-state index in [2.05, 4.69) is 20.4 Å². The van der Waals surface area contributed by atoms with Gasteiger partial charge in [0.1, 0.15) is 11.2 Å². The minimum atomic E-state index is -4.44. The summed E-state index contributed by atoms with van der Waals surface area (Å²) >= 11 is 0. The maximum atomic E-state index is 12.7. The van der Waals surface area contributed by atoms with Gasteiger partial charge >= 0.3 is 12.2 Å². The first-order chi connectivity index (χ1) is 15.8. The number of likely N-dealkylation sites (tertiary alicyclic amines) is 1. The number of urea groups is 1. The standard InChI is InChI=1S/C22H17F3N6O2/c23-22(24,25)14-6-8-15(9-7-14)27-21(33)30-11-13(12-30)18-28-19-17(20(32)29-18)10-26-31(19)16-4-2-1-3-5-16/h1-10,13H,11-12H2,(H,27,33)(H,28,29,32). The number of hydrogen-bond acceptors (Lipinski definition) is 4. The molecule has 2 N–H and O–H groups in total. The summed E-state index contributed by atoms with van der Waals surface area (Å²) in [6, 6.07) is 13.1. The van der Waals surface area contributed by atoms with Crippen molar-refractivity contribution in [3.8, 4) is 5.69 Å². The van der Waals surface area contributed by atoms with E-state index in [1.807, 2.05) is 30.3 Å². The van der Waals surface area contributed by atoms with Crippen LogP contribution in [0.15, 0.2) is 65.6 Å². The van der Waals surface area contributed by atoms with Crippen LogP contribution in [0.2, 0.25) is 0 Å². The minimum absolute atomic E-state index is 0.181. The summed E-state index contributed by atoms with van der Waals surface area (Å²) in [6.07, 6.45) is -2.98. The number of aromatic nitrogens is 4. The molecule has 0 radical (unpaired) electrons. The molecule has 0 aliphatic carbocycles. The molecule has 1 fully saturated rings. The van der Waals surface area contributed by atoms with Gasteiger partial charge in [-0.1, -0.05) is 18.2 Å². The van der Waals surface area contributed by atoms with Crippen LogP contribution >= 0.6 is 0 Å². The van der Waals surface area contributed by atoms with Crippen molar-refractivity contribution in [2.24, 2.45) is 0 Å². The lowest BCUT2D eigenvalue weighted by Crippen LogP contribution is -2.51. The Morgan fingerprint density at radius 3 is 2.42 bits per heavy atom. The van der Waals surface area contributed by atoms with Gasteiger partial charge in [0, 0.05) is 18.8 Å². The van der Waals surface area contributed by atoms with Crippen LogP contribution in [0.1, 0.15) is 17.3 Å². The quantitative estimate of drug-likeness (QED) is 0.493. The zero-order valence-electron chi connectivity index (χ0n) is 17.0. The van der Waals surface area contributed by atoms with Gasteiger partial charge in [-0.2, -0.15) is 18.3 Å². The molecule has 0 spiro atoms. The molecular weight excluding hydrogens is 437 g/mol. The van der Waals surface area contributed by atoms with Gasteiger partial charge in [-0.15, -0.1) is 0 Å². The molecule has 2 aromatic carbocycles. The summed E-state index contributed by atoms with van der Waals surface area (Å²) in [4.78, 5) is 33.8. The first-order valence-corrected chi connectivity index (χ1v) is 10.1. The van der Waals surface area contributed by atoms with Crippen LogP contribution in [0.3, 0.4) is 0 Å². The number of hydrogen-bond donors (Lipinski definition) is 2. The zero-order valence-corrected chi connectivity index (χ0v) is 17.0. The van der Waals surface area contributed by atoms with E-state index < -0.39 is 17.8 Å². The van der Waals surface area contributed by atoms with E-state index in [0.29, 0.717) is 29.9 Å². The van der Waals surface area contributed by atoms with Crippen LogP contribution in [0.4, 0.5) is 23.7 Å². The fraction of sp³-hybridized carbons (Fsp3) is 0.182. The molecule has 2 aromatic heterocycles. The number of H-pyrrole nitrogens is 1. The molecule has 1 aliphatic heterocycles. The third-order valence-corrected chi connectivity index (χ3v) is 5.48. The van der Waals surface area contributed by atoms with Gasteiger partial charge in [-0.3, -0.25) is 4.79 Å². The van der Waals surface area contributed by atoms with Gasteiger partial charge in [0.05, 0.1) is 23.4 Å². The number of rotatable bonds is 3. The number of carbonyl (C=O) groups excluding carboxylic acids is 1. The second kappa shape index (κ2) is 7.76. The van der Waals surface area contributed by atoms with Crippen molar-refractivity contribution >= 4 is 22.8 Å². The number of anilines is 1. The Balaban J connectivity index is 1.29. The van der Waals surface area contributed by atoms with Crippen molar-refractivity contribution in [2.45, 2.75) is 12.1 Å². The van der Waals surface area contributed by atoms with Gasteiger partial charge in [0.15, 0.2) is 5.65 Å². The van der Waals surface area contributed by atoms with Gasteiger partial charge in [-0.05, 0) is 36.4 Å². The molecule has 5 rings (SSSR count). The van der Waals surface area contributed by atoms with Crippen LogP contribution < -0.4 is 10.9 Å². The number of alkyl halides is 3. The number of halogens is 3. The monoisotopic (exact) mass is 454 g/mol. The van der Waals surface area contributed by atoms with Crippen LogP contribution in [-0.2, 0) is 6.18 Å². The molecule has 1 aliphatic rings. The van der Waals surface area contributed by atoms with Crippen LogP contribution in [0.5, 0.6) is 0 Å². The predicted octanol–water partition coefficient (Wildman–Crippen LogP) is 3.76. The van der Waals surface area contributed by atoms with E-state index in [9.17, 15) is 22.8 Å². The number of fused-ring (bicyclic) bond motifs is 1. The topological polar surface area (TPSA) is 95.9 Å². The Labute approximate surface area is 184 Å². The van der Waals surface area contributed by atoms with E-state index in [1.165, 1.54) is 23.2 Å². The number of benzene rings is 2. The van der Waals surface area contributed by atoms with Gasteiger partial charge in [-0.25, -0.2) is 14.5 Å². The highest BCUT2D eigenvalue weighted by Gasteiger charge is 2.34. The summed E-state index contributed by atoms with van der Waals surface area (Å²) in [5, 5.41) is 7.21. The smallest absolute Gasteiger partial charge is 0.323 e. The summed E-state index contributed by atoms with van der Waals surface area (Å²) < 4.78 is 39.6. The van der Waals surface area contributed by atoms with Crippen LogP contribution in [-0.4, -0.2) is 43.8 Å². The van der Waals surface area contributed by atoms with Crippen molar-refractivity contribution in [3.63, 3.8) is 0 Å². The highest BCUT2D eigenvalue weighted by molar-refractivity contribution is 5.90. The SMILES string of the molecule is O=C(Nc1ccc(C(F)(F)F)cc1)N1CC(c2nc3c(cnn3-c3ccccc3)c(=O)[nH]2)C1. The van der Waals surface area contributed by atoms with Crippen molar-refractivity contribution < 1.29 is 18.0 Å². The molecule has 4 aromatic rings. The Kier molecular flexibility index (Phi) is 4.88. The fourth-order valence-electron chi connectivity index (χ4n) is 3.65. The summed E-state index contributed by atoms with van der Waals surface area (Å²) in [7, 11) is 0. The third kappa shape index (κ3) is 3.93. The summed E-state index contributed by atoms with van der Waals surface area (Å²) in [6.45, 7) is 0.612. The van der Waals surface area contributed by atoms with Crippen molar-refractivity contribution in [1.29, 1.82) is 0 Å². The molecule has 8 nitrogen and oxygen atoms in total. The number of nitrogens with zero attached hydrogens (tertiary/aromatic N) is 4. The van der Waals surface area contributed by atoms with Gasteiger partial charge in [0.2, 0.25) is 0 Å². The number of para-hydroxylation sites is 1. The maximum Gasteiger partial charge on any atom is 0.416 e. The molecule has 11 heteroatoms. The molecule has 33 heavy (non-hydrogen) atoms. The van der Waals surface area contributed by atoms with Crippen molar-refractivity contribution in [3.05, 3.63) is 82.5 Å². The Bertz CT molecular complexity index is 1370. The van der Waals surface area contributed by atoms with Gasteiger partial charge in [0.25, 0.3) is 5.56 Å². The fourth-order valence-corrected chi connectivity index (χ4v) is 3.65. The molecule has 3 heterocycles. The zero-order chi connectivity index (χ0) is 23.2. The Morgan fingerprint density at radius 1 is 1.06 bits per heavy atom. The second-order valence-corrected chi connectivity index (χ2v) is 7.69. The third-order valence-electron chi connectivity index (χ3n) is 5.48. The van der Waals surface area contributed by atoms with E-state index in [0.717, 1.165) is 17.8 Å². The second-order valence-electron chi connectivity index (χ2n) is 7.69. The van der Waals surface area contributed by atoms with E-state index in [4.69, 9.17) is 0 Å². The normalized spacial score (nSPS) is 14.3. The lowest BCUT2D eigenvalue weighted by Gasteiger charge is -2.38. The van der Waals surface area contributed by atoms with Crippen molar-refractivity contribution in [2.75, 3.05) is 18.4 Å². The molecule has 0 saturated carbocycles. The molecule has 0 bridgehead atoms. The molecule has 0 unspecified atom stereocenters. The predicted molar refractivity (Wildman–Crippen MR) is 114 cm³/mol. The largest absolute Gasteiger partial charge is 0.416 e. The van der Waals surface area contributed by atoms with Crippen LogP contribution in [0, 0.1) is 0 Å². The first kappa shape index (κ1) is 20.7. The molecule has 0 atom stereocenters. The number of aromatic amines is 1. The van der Waals surface area contributed by atoms with Gasteiger partial charge < -0.3 is 15.2 Å². The number of nitrogens with one attached hydrogen (secondary N) is 2. The molecule has 168 valence electrons. The maximum absolute atomic E-state index is 12.7. The summed E-state index contributed by atoms with van der Waals surface area (Å²) in [5.74, 6) is 0.267. The highest BCUT2D eigenvalue weighted by Crippen LogP contribution is 2.30. The van der Waals surface area contributed by atoms with E-state index >= 15 is 0 Å².